The number of ether oxygens (including phenoxy) is 1. The van der Waals surface area contributed by atoms with E-state index in [-0.39, 0.29) is 11.9 Å². The summed E-state index contributed by atoms with van der Waals surface area (Å²) in [6.07, 6.45) is 3.65. The Morgan fingerprint density at radius 1 is 1.52 bits per heavy atom. The molecule has 1 atom stereocenters. The molecule has 0 aliphatic carbocycles. The fourth-order valence-corrected chi connectivity index (χ4v) is 4.11. The summed E-state index contributed by atoms with van der Waals surface area (Å²) < 4.78 is 34.0. The maximum atomic E-state index is 12.5. The van der Waals surface area contributed by atoms with Crippen molar-refractivity contribution < 1.29 is 13.2 Å². The molecule has 1 aliphatic rings. The van der Waals surface area contributed by atoms with E-state index in [1.807, 2.05) is 13.1 Å². The number of hydrogen-bond donors (Lipinski definition) is 0. The molecule has 0 bridgehead atoms. The van der Waals surface area contributed by atoms with Gasteiger partial charge in [-0.05, 0) is 27.2 Å². The van der Waals surface area contributed by atoms with Gasteiger partial charge in [-0.2, -0.15) is 14.7 Å². The largest absolute Gasteiger partial charge is 0.371 e. The minimum atomic E-state index is -3.39. The SMILES string of the molecule is CCn1cc([C@@H]2CN(S(=O)(=O)CCC(C)(C)C#N)CCO2)cn1. The first-order chi connectivity index (χ1) is 10.8. The van der Waals surface area contributed by atoms with Crippen LogP contribution in [0.2, 0.25) is 0 Å². The molecule has 2 heterocycles. The van der Waals surface area contributed by atoms with Gasteiger partial charge >= 0.3 is 0 Å². The highest BCUT2D eigenvalue weighted by Gasteiger charge is 2.32. The van der Waals surface area contributed by atoms with Gasteiger partial charge in [0.2, 0.25) is 10.0 Å². The molecular formula is C15H24N4O3S. The second-order valence-corrected chi connectivity index (χ2v) is 8.50. The van der Waals surface area contributed by atoms with Crippen molar-refractivity contribution in [3.63, 3.8) is 0 Å². The van der Waals surface area contributed by atoms with Gasteiger partial charge in [0.25, 0.3) is 0 Å². The second-order valence-electron chi connectivity index (χ2n) is 6.41. The number of sulfonamides is 1. The van der Waals surface area contributed by atoms with Crippen LogP contribution < -0.4 is 0 Å². The van der Waals surface area contributed by atoms with Crippen LogP contribution in [0.15, 0.2) is 12.4 Å². The molecule has 8 heteroatoms. The van der Waals surface area contributed by atoms with Crippen molar-refractivity contribution in [3.8, 4) is 6.07 Å². The maximum Gasteiger partial charge on any atom is 0.214 e. The lowest BCUT2D eigenvalue weighted by atomic mass is 9.93. The van der Waals surface area contributed by atoms with E-state index in [0.29, 0.717) is 26.1 Å². The zero-order chi connectivity index (χ0) is 17.1. The second kappa shape index (κ2) is 6.99. The van der Waals surface area contributed by atoms with Crippen molar-refractivity contribution in [1.29, 1.82) is 5.26 Å². The molecule has 0 amide bonds. The summed E-state index contributed by atoms with van der Waals surface area (Å²) in [5, 5.41) is 13.2. The van der Waals surface area contributed by atoms with Gasteiger partial charge in [0, 0.05) is 31.4 Å². The molecule has 0 radical (unpaired) electrons. The van der Waals surface area contributed by atoms with Crippen LogP contribution in [-0.4, -0.2) is 48.0 Å². The summed E-state index contributed by atoms with van der Waals surface area (Å²) in [6.45, 7) is 7.28. The Morgan fingerprint density at radius 3 is 2.87 bits per heavy atom. The van der Waals surface area contributed by atoms with Crippen molar-refractivity contribution in [2.45, 2.75) is 39.8 Å². The van der Waals surface area contributed by atoms with E-state index in [0.717, 1.165) is 12.1 Å². The number of morpholine rings is 1. The van der Waals surface area contributed by atoms with Crippen LogP contribution in [0.5, 0.6) is 0 Å². The molecule has 0 saturated carbocycles. The predicted molar refractivity (Wildman–Crippen MR) is 86.0 cm³/mol. The molecule has 1 aromatic rings. The van der Waals surface area contributed by atoms with E-state index in [1.165, 1.54) is 4.31 Å². The Bertz CT molecular complexity index is 675. The molecule has 7 nitrogen and oxygen atoms in total. The van der Waals surface area contributed by atoms with Gasteiger partial charge in [-0.25, -0.2) is 8.42 Å². The number of nitriles is 1. The third kappa shape index (κ3) is 4.53. The summed E-state index contributed by atoms with van der Waals surface area (Å²) >= 11 is 0. The van der Waals surface area contributed by atoms with E-state index in [1.54, 1.807) is 24.7 Å². The number of hydrogen-bond acceptors (Lipinski definition) is 5. The lowest BCUT2D eigenvalue weighted by Gasteiger charge is -2.32. The maximum absolute atomic E-state index is 12.5. The Labute approximate surface area is 137 Å². The smallest absolute Gasteiger partial charge is 0.214 e. The monoisotopic (exact) mass is 340 g/mol. The fourth-order valence-electron chi connectivity index (χ4n) is 2.37. The highest BCUT2D eigenvalue weighted by atomic mass is 32.2. The molecule has 1 saturated heterocycles. The Morgan fingerprint density at radius 2 is 2.26 bits per heavy atom. The molecule has 0 spiro atoms. The Kier molecular flexibility index (Phi) is 5.45. The van der Waals surface area contributed by atoms with Crippen LogP contribution in [0.3, 0.4) is 0 Å². The predicted octanol–water partition coefficient (Wildman–Crippen LogP) is 1.55. The van der Waals surface area contributed by atoms with E-state index in [9.17, 15) is 8.42 Å². The Hall–Kier alpha value is -1.43. The highest BCUT2D eigenvalue weighted by molar-refractivity contribution is 7.89. The molecule has 23 heavy (non-hydrogen) atoms. The zero-order valence-corrected chi connectivity index (χ0v) is 14.7. The molecular weight excluding hydrogens is 316 g/mol. The summed E-state index contributed by atoms with van der Waals surface area (Å²) in [6, 6.07) is 2.14. The number of aromatic nitrogens is 2. The molecule has 2 rings (SSSR count). The molecule has 128 valence electrons. The number of nitrogens with zero attached hydrogens (tertiary/aromatic N) is 4. The third-order valence-electron chi connectivity index (χ3n) is 4.06. The van der Waals surface area contributed by atoms with Crippen molar-refractivity contribution in [3.05, 3.63) is 18.0 Å². The zero-order valence-electron chi connectivity index (χ0n) is 13.9. The van der Waals surface area contributed by atoms with Crippen LogP contribution >= 0.6 is 0 Å². The van der Waals surface area contributed by atoms with Crippen LogP contribution in [0.25, 0.3) is 0 Å². The van der Waals surface area contributed by atoms with Gasteiger partial charge < -0.3 is 4.74 Å². The summed E-state index contributed by atoms with van der Waals surface area (Å²) in [4.78, 5) is 0. The topological polar surface area (TPSA) is 88.2 Å². The minimum absolute atomic E-state index is 0.0193. The standard InChI is InChI=1S/C15H24N4O3S/c1-4-18-10-13(9-17-18)14-11-19(6-7-22-14)23(20,21)8-5-15(2,3)12-16/h9-10,14H,4-8,11H2,1-3H3/t14-/m0/s1. The van der Waals surface area contributed by atoms with E-state index in [2.05, 4.69) is 11.2 Å². The van der Waals surface area contributed by atoms with E-state index >= 15 is 0 Å². The normalized spacial score (nSPS) is 20.3. The lowest BCUT2D eigenvalue weighted by molar-refractivity contribution is -0.00263. The molecule has 1 aliphatic heterocycles. The van der Waals surface area contributed by atoms with Crippen LogP contribution in [-0.2, 0) is 21.3 Å². The minimum Gasteiger partial charge on any atom is -0.371 e. The summed E-state index contributed by atoms with van der Waals surface area (Å²) in [7, 11) is -3.39. The quantitative estimate of drug-likeness (QED) is 0.784. The third-order valence-corrected chi connectivity index (χ3v) is 5.90. The van der Waals surface area contributed by atoms with Gasteiger partial charge in [-0.1, -0.05) is 0 Å². The lowest BCUT2D eigenvalue weighted by Crippen LogP contribution is -2.43. The number of rotatable bonds is 6. The average molecular weight is 340 g/mol. The van der Waals surface area contributed by atoms with Crippen LogP contribution in [0, 0.1) is 16.7 Å². The van der Waals surface area contributed by atoms with Gasteiger partial charge in [0.05, 0.1) is 36.1 Å². The van der Waals surface area contributed by atoms with Gasteiger partial charge in [-0.15, -0.1) is 0 Å². The summed E-state index contributed by atoms with van der Waals surface area (Å²) in [5.41, 5.74) is 0.255. The van der Waals surface area contributed by atoms with Gasteiger partial charge in [-0.3, -0.25) is 4.68 Å². The molecule has 1 aromatic heterocycles. The van der Waals surface area contributed by atoms with E-state index < -0.39 is 15.4 Å². The highest BCUT2D eigenvalue weighted by Crippen LogP contribution is 2.26. The molecule has 0 N–H and O–H groups in total. The summed E-state index contributed by atoms with van der Waals surface area (Å²) in [5.74, 6) is -0.0193. The first-order valence-electron chi connectivity index (χ1n) is 7.80. The van der Waals surface area contributed by atoms with Crippen LogP contribution in [0.1, 0.15) is 38.9 Å². The molecule has 0 aromatic carbocycles. The van der Waals surface area contributed by atoms with Gasteiger partial charge in [0.1, 0.15) is 0 Å². The average Bonchev–Trinajstić information content (AvgIpc) is 3.02. The van der Waals surface area contributed by atoms with Gasteiger partial charge in [0.15, 0.2) is 0 Å². The van der Waals surface area contributed by atoms with Crippen LogP contribution in [0.4, 0.5) is 0 Å². The number of aryl methyl sites for hydroxylation is 1. The van der Waals surface area contributed by atoms with E-state index in [4.69, 9.17) is 10.00 Å². The van der Waals surface area contributed by atoms with Crippen molar-refractivity contribution >= 4 is 10.0 Å². The first kappa shape index (κ1) is 17.9. The van der Waals surface area contributed by atoms with Crippen molar-refractivity contribution in [2.75, 3.05) is 25.4 Å². The fraction of sp³-hybridized carbons (Fsp3) is 0.733. The molecule has 1 fully saturated rings. The van der Waals surface area contributed by atoms with Crippen molar-refractivity contribution in [2.24, 2.45) is 5.41 Å². The Balaban J connectivity index is 2.03. The van der Waals surface area contributed by atoms with Crippen molar-refractivity contribution in [1.82, 2.24) is 14.1 Å². The first-order valence-corrected chi connectivity index (χ1v) is 9.41. The molecule has 0 unspecified atom stereocenters.